The normalized spacial score (nSPS) is 18.7. The highest BCUT2D eigenvalue weighted by molar-refractivity contribution is 9.11. The fraction of sp³-hybridized carbons (Fsp3) is 0.104. The summed E-state index contributed by atoms with van der Waals surface area (Å²) in [5, 5.41) is 5.65. The number of nitrogens with one attached hydrogen (secondary N) is 3. The number of aliphatic imine (C=N–C) groups is 1. The number of halogens is 4. The number of hydrogen-bond acceptors (Lipinski definition) is 6. The van der Waals surface area contributed by atoms with Crippen LogP contribution in [0, 0.1) is 0 Å². The van der Waals surface area contributed by atoms with Gasteiger partial charge in [0.1, 0.15) is 23.0 Å². The van der Waals surface area contributed by atoms with Crippen LogP contribution < -0.4 is 35.0 Å². The van der Waals surface area contributed by atoms with E-state index in [4.69, 9.17) is 23.9 Å². The second kappa shape index (κ2) is 16.6. The van der Waals surface area contributed by atoms with E-state index in [1.54, 1.807) is 28.4 Å². The summed E-state index contributed by atoms with van der Waals surface area (Å²) < 4.78 is 27.8. The van der Waals surface area contributed by atoms with Crippen LogP contribution in [0.5, 0.6) is 23.0 Å². The van der Waals surface area contributed by atoms with Gasteiger partial charge in [0.15, 0.2) is 0 Å². The molecule has 12 heteroatoms. The van der Waals surface area contributed by atoms with Gasteiger partial charge in [-0.25, -0.2) is 4.99 Å². The zero-order valence-electron chi connectivity index (χ0n) is 32.7. The van der Waals surface area contributed by atoms with Crippen molar-refractivity contribution in [2.75, 3.05) is 28.4 Å². The molecule has 1 unspecified atom stereocenters. The molecule has 1 atom stereocenters. The Morgan fingerprint density at radius 3 is 1.55 bits per heavy atom. The number of aromatic nitrogens is 2. The molecule has 0 aliphatic carbocycles. The van der Waals surface area contributed by atoms with E-state index in [-0.39, 0.29) is 6.04 Å². The van der Waals surface area contributed by atoms with Crippen molar-refractivity contribution in [3.05, 3.63) is 195 Å². The Morgan fingerprint density at radius 1 is 0.483 bits per heavy atom. The first-order valence-corrected chi connectivity index (χ1v) is 22.1. The van der Waals surface area contributed by atoms with Gasteiger partial charge < -0.3 is 34.2 Å². The van der Waals surface area contributed by atoms with Gasteiger partial charge in [0.2, 0.25) is 0 Å². The second-order valence-corrected chi connectivity index (χ2v) is 17.4. The van der Waals surface area contributed by atoms with E-state index in [1.807, 2.05) is 60.7 Å². The monoisotopic (exact) mass is 1050 g/mol. The molecule has 60 heavy (non-hydrogen) atoms. The van der Waals surface area contributed by atoms with Gasteiger partial charge in [-0.2, -0.15) is 0 Å². The van der Waals surface area contributed by atoms with Crippen molar-refractivity contribution in [2.45, 2.75) is 6.04 Å². The third-order valence-corrected chi connectivity index (χ3v) is 13.4. The molecule has 3 aliphatic heterocycles. The van der Waals surface area contributed by atoms with Crippen LogP contribution in [0.3, 0.4) is 0 Å². The van der Waals surface area contributed by atoms with Gasteiger partial charge in [-0.05, 0) is 91.0 Å². The summed E-state index contributed by atoms with van der Waals surface area (Å²) in [5.74, 6) is 2.66. The van der Waals surface area contributed by atoms with Crippen molar-refractivity contribution >= 4 is 91.7 Å². The van der Waals surface area contributed by atoms with Crippen LogP contribution in [0.2, 0.25) is 0 Å². The fourth-order valence-corrected chi connectivity index (χ4v) is 11.0. The predicted octanol–water partition coefficient (Wildman–Crippen LogP) is 10.6. The van der Waals surface area contributed by atoms with E-state index in [2.05, 4.69) is 140 Å². The number of methoxy groups -OCH3 is 4. The predicted molar refractivity (Wildman–Crippen MR) is 253 cm³/mol. The van der Waals surface area contributed by atoms with Crippen LogP contribution in [0.4, 0.5) is 0 Å². The molecule has 9 rings (SSSR count). The van der Waals surface area contributed by atoms with Crippen molar-refractivity contribution < 1.29 is 18.9 Å². The summed E-state index contributed by atoms with van der Waals surface area (Å²) in [6.45, 7) is 0. The van der Waals surface area contributed by atoms with Gasteiger partial charge in [-0.1, -0.05) is 94.1 Å². The first-order valence-electron chi connectivity index (χ1n) is 18.9. The maximum Gasteiger partial charge on any atom is 0.130 e. The highest BCUT2D eigenvalue weighted by Gasteiger charge is 2.31. The van der Waals surface area contributed by atoms with E-state index in [1.165, 1.54) is 0 Å². The lowest BCUT2D eigenvalue weighted by Crippen LogP contribution is -2.30. The number of allylic oxidation sites excluding steroid dienone is 3. The summed E-state index contributed by atoms with van der Waals surface area (Å²) in [6, 6.07) is 32.0. The Hall–Kier alpha value is -5.27. The fourth-order valence-electron chi connectivity index (χ4n) is 8.17. The topological polar surface area (TPSA) is 92.9 Å². The minimum atomic E-state index is -0.322. The zero-order chi connectivity index (χ0) is 41.7. The Morgan fingerprint density at radius 2 is 0.983 bits per heavy atom. The lowest BCUT2D eigenvalue weighted by atomic mass is 9.96. The first-order chi connectivity index (χ1) is 29.2. The van der Waals surface area contributed by atoms with Gasteiger partial charge in [-0.15, -0.1) is 0 Å². The molecule has 300 valence electrons. The summed E-state index contributed by atoms with van der Waals surface area (Å²) >= 11 is 15.6. The molecule has 0 saturated carbocycles. The van der Waals surface area contributed by atoms with Crippen LogP contribution in [-0.4, -0.2) is 50.2 Å². The second-order valence-electron chi connectivity index (χ2n) is 14.0. The van der Waals surface area contributed by atoms with Crippen molar-refractivity contribution in [1.82, 2.24) is 15.3 Å². The molecule has 2 aromatic heterocycles. The number of ether oxygens (including phenoxy) is 4. The molecule has 6 aromatic rings. The van der Waals surface area contributed by atoms with Crippen LogP contribution in [0.1, 0.15) is 33.6 Å². The average Bonchev–Trinajstić information content (AvgIpc) is 4.10. The minimum absolute atomic E-state index is 0.322. The summed E-state index contributed by atoms with van der Waals surface area (Å²) in [7, 11) is 6.71. The lowest BCUT2D eigenvalue weighted by Gasteiger charge is -2.22. The van der Waals surface area contributed by atoms with Crippen LogP contribution in [0.25, 0.3) is 22.3 Å². The maximum absolute atomic E-state index is 6.05. The maximum atomic E-state index is 6.05. The van der Waals surface area contributed by atoms with Crippen molar-refractivity contribution in [1.29, 1.82) is 0 Å². The Kier molecular flexibility index (Phi) is 11.1. The molecular formula is C48H36Br4N4O4. The van der Waals surface area contributed by atoms with Crippen LogP contribution in [-0.2, 0) is 0 Å². The van der Waals surface area contributed by atoms with Gasteiger partial charge in [0, 0.05) is 79.1 Å². The van der Waals surface area contributed by atoms with Crippen LogP contribution >= 0.6 is 63.7 Å². The Balaban J connectivity index is 1.46. The molecule has 8 bridgehead atoms. The Bertz CT molecular complexity index is 2940. The molecule has 0 saturated heterocycles. The summed E-state index contributed by atoms with van der Waals surface area (Å²) in [4.78, 5) is 13.2. The standard InChI is InChI=1S/C48H36Br4N4O4/c1-57-37-13-7-14-38(58-2)47(37)45-33-21-17-29(53-33)43(41-25(49)9-5-10-26(41)50)31-19-23-35(55-31)46(48-39(59-3)15-8-16-40(48)60-4)36-24-20-32(56-36)44(30-18-22-34(45)54-30)42-27(51)11-6-12-28(42)52/h5-24,33,53-55H,1-4H3/b43-29+,44-30+,45-34+,46-36?. The molecule has 3 aliphatic rings. The molecule has 4 aromatic carbocycles. The third-order valence-electron chi connectivity index (χ3n) is 10.8. The highest BCUT2D eigenvalue weighted by atomic mass is 79.9. The molecule has 0 fully saturated rings. The summed E-state index contributed by atoms with van der Waals surface area (Å²) in [5.41, 5.74) is 11.2. The number of hydrogen-bond donors (Lipinski definition) is 3. The molecule has 0 radical (unpaired) electrons. The van der Waals surface area contributed by atoms with E-state index in [9.17, 15) is 0 Å². The Labute approximate surface area is 380 Å². The highest BCUT2D eigenvalue weighted by Crippen LogP contribution is 2.45. The van der Waals surface area contributed by atoms with Gasteiger partial charge >= 0.3 is 0 Å². The smallest absolute Gasteiger partial charge is 0.130 e. The number of benzene rings is 4. The molecule has 0 spiro atoms. The molecule has 8 nitrogen and oxygen atoms in total. The van der Waals surface area contributed by atoms with Gasteiger partial charge in [-0.3, -0.25) is 0 Å². The van der Waals surface area contributed by atoms with E-state index in [0.29, 0.717) is 23.0 Å². The molecule has 0 amide bonds. The zero-order valence-corrected chi connectivity index (χ0v) is 39.1. The summed E-state index contributed by atoms with van der Waals surface area (Å²) in [6.07, 6.45) is 8.44. The largest absolute Gasteiger partial charge is 0.496 e. The minimum Gasteiger partial charge on any atom is -0.496 e. The number of rotatable bonds is 8. The van der Waals surface area contributed by atoms with Gasteiger partial charge in [0.05, 0.1) is 57.0 Å². The number of fused-ring (bicyclic) bond motifs is 7. The van der Waals surface area contributed by atoms with E-state index >= 15 is 0 Å². The third kappa shape index (κ3) is 6.93. The first kappa shape index (κ1) is 40.2. The van der Waals surface area contributed by atoms with Crippen molar-refractivity contribution in [3.63, 3.8) is 0 Å². The van der Waals surface area contributed by atoms with Crippen LogP contribution in [0.15, 0.2) is 156 Å². The SMILES string of the molecule is COc1cccc(OC)c1C1=C2C=CC(=N2)/C(c2c(Br)cccc2Br)=c2/cc/c([nH]2)=C(\c2c(OC)cccc2OC)C2C=C/C(=C(\c3c(Br)cccc3Br)c3ccc1[nH]3)N2. The van der Waals surface area contributed by atoms with E-state index in [0.717, 1.165) is 102 Å². The quantitative estimate of drug-likeness (QED) is 0.141. The van der Waals surface area contributed by atoms with Crippen molar-refractivity contribution in [3.8, 4) is 23.0 Å². The molecular weight excluding hydrogens is 1020 g/mol. The lowest BCUT2D eigenvalue weighted by molar-refractivity contribution is 0.391. The molecule has 3 N–H and O–H groups in total. The average molecular weight is 1050 g/mol. The molecule has 5 heterocycles. The van der Waals surface area contributed by atoms with Crippen molar-refractivity contribution in [2.24, 2.45) is 4.99 Å². The number of H-pyrrole nitrogens is 2. The van der Waals surface area contributed by atoms with E-state index < -0.39 is 0 Å². The van der Waals surface area contributed by atoms with Gasteiger partial charge in [0.25, 0.3) is 0 Å². The number of nitrogens with zero attached hydrogens (tertiary/aromatic N) is 1. The number of aromatic amines is 2.